The van der Waals surface area contributed by atoms with Crippen molar-refractivity contribution in [2.45, 2.75) is 65.5 Å². The number of amides is 1. The smallest absolute Gasteiger partial charge is 0.270 e. The molecule has 0 saturated heterocycles. The number of aliphatic imine (C=N–C) groups is 1. The molecule has 0 aliphatic heterocycles. The molecule has 7 heteroatoms. The molecule has 1 fully saturated rings. The molecule has 1 amide bonds. The van der Waals surface area contributed by atoms with Gasteiger partial charge in [0.2, 0.25) is 0 Å². The number of nitrogens with zero attached hydrogens (tertiary/aromatic N) is 2. The molecule has 1 aromatic carbocycles. The van der Waals surface area contributed by atoms with Crippen molar-refractivity contribution in [1.82, 2.24) is 5.32 Å². The first-order chi connectivity index (χ1) is 13.7. The van der Waals surface area contributed by atoms with Gasteiger partial charge in [-0.05, 0) is 62.8 Å². The van der Waals surface area contributed by atoms with E-state index >= 15 is 0 Å². The van der Waals surface area contributed by atoms with Crippen LogP contribution in [0.15, 0.2) is 17.1 Å². The number of benzene rings is 1. The highest BCUT2D eigenvalue weighted by Gasteiger charge is 2.25. The third-order valence-corrected chi connectivity index (χ3v) is 5.29. The Bertz CT molecular complexity index is 865. The lowest BCUT2D eigenvalue weighted by atomic mass is 9.92. The van der Waals surface area contributed by atoms with Gasteiger partial charge in [-0.15, -0.1) is 0 Å². The second-order valence-corrected chi connectivity index (χ2v) is 7.75. The predicted octanol–water partition coefficient (Wildman–Crippen LogP) is 3.95. The molecule has 0 aromatic heterocycles. The van der Waals surface area contributed by atoms with Gasteiger partial charge in [-0.1, -0.05) is 13.8 Å². The van der Waals surface area contributed by atoms with Crippen LogP contribution in [0.2, 0.25) is 0 Å². The quantitative estimate of drug-likeness (QED) is 0.497. The van der Waals surface area contributed by atoms with Crippen molar-refractivity contribution in [2.75, 3.05) is 0 Å². The summed E-state index contributed by atoms with van der Waals surface area (Å²) in [6.45, 7) is 7.56. The number of hydrogen-bond donors (Lipinski definition) is 3. The van der Waals surface area contributed by atoms with Crippen LogP contribution in [0, 0.1) is 41.9 Å². The largest absolute Gasteiger partial charge is 0.490 e. The number of carbonyl (C=O) groups is 1. The first kappa shape index (κ1) is 22.3. The highest BCUT2D eigenvalue weighted by molar-refractivity contribution is 6.60. The highest BCUT2D eigenvalue weighted by Crippen LogP contribution is 2.29. The van der Waals surface area contributed by atoms with Crippen LogP contribution >= 0.6 is 0 Å². The van der Waals surface area contributed by atoms with Crippen LogP contribution in [-0.4, -0.2) is 35.8 Å². The van der Waals surface area contributed by atoms with Crippen LogP contribution in [0.4, 0.5) is 0 Å². The van der Waals surface area contributed by atoms with E-state index in [4.69, 9.17) is 20.8 Å². The molecular weight excluding hydrogens is 366 g/mol. The van der Waals surface area contributed by atoms with Gasteiger partial charge in [0.15, 0.2) is 0 Å². The van der Waals surface area contributed by atoms with Gasteiger partial charge in [-0.2, -0.15) is 5.26 Å². The fraction of sp³-hybridized carbons (Fsp3) is 0.500. The summed E-state index contributed by atoms with van der Waals surface area (Å²) in [5.74, 6) is 0.447. The summed E-state index contributed by atoms with van der Waals surface area (Å²) in [5.41, 5.74) is 2.35. The van der Waals surface area contributed by atoms with Gasteiger partial charge in [0.1, 0.15) is 17.3 Å². The molecule has 1 saturated carbocycles. The van der Waals surface area contributed by atoms with Crippen LogP contribution in [0.5, 0.6) is 5.75 Å². The van der Waals surface area contributed by atoms with E-state index in [1.165, 1.54) is 0 Å². The van der Waals surface area contributed by atoms with E-state index in [0.717, 1.165) is 48.8 Å². The Morgan fingerprint density at radius 1 is 1.28 bits per heavy atom. The SMILES string of the molecule is Cc1c(C#N)ccc(OC2CCC(NC(=O)C(=N)C=NC(=N)C(C)C)CC2)c1C.[HH]. The van der Waals surface area contributed by atoms with E-state index in [2.05, 4.69) is 16.4 Å². The number of hydrogen-bond acceptors (Lipinski definition) is 5. The average molecular weight is 398 g/mol. The average Bonchev–Trinajstić information content (AvgIpc) is 2.70. The summed E-state index contributed by atoms with van der Waals surface area (Å²) < 4.78 is 6.15. The summed E-state index contributed by atoms with van der Waals surface area (Å²) >= 11 is 0. The zero-order valence-corrected chi connectivity index (χ0v) is 17.5. The summed E-state index contributed by atoms with van der Waals surface area (Å²) in [6, 6.07) is 5.83. The van der Waals surface area contributed by atoms with Crippen molar-refractivity contribution in [1.29, 1.82) is 16.1 Å². The molecule has 0 heterocycles. The van der Waals surface area contributed by atoms with E-state index in [9.17, 15) is 4.79 Å². The molecule has 1 aromatic rings. The Labute approximate surface area is 173 Å². The lowest BCUT2D eigenvalue weighted by Gasteiger charge is -2.30. The molecular formula is C22H31N5O2. The maximum Gasteiger partial charge on any atom is 0.270 e. The van der Waals surface area contributed by atoms with Gasteiger partial charge in [0.05, 0.1) is 24.0 Å². The summed E-state index contributed by atoms with van der Waals surface area (Å²) in [6.07, 6.45) is 4.38. The van der Waals surface area contributed by atoms with Crippen LogP contribution in [-0.2, 0) is 4.79 Å². The molecule has 0 spiro atoms. The van der Waals surface area contributed by atoms with Crippen LogP contribution < -0.4 is 10.1 Å². The normalized spacial score (nSPS) is 19.0. The van der Waals surface area contributed by atoms with Crippen LogP contribution in [0.1, 0.15) is 57.6 Å². The highest BCUT2D eigenvalue weighted by atomic mass is 16.5. The number of nitrogens with one attached hydrogen (secondary N) is 3. The van der Waals surface area contributed by atoms with Crippen LogP contribution in [0.3, 0.4) is 0 Å². The lowest BCUT2D eigenvalue weighted by molar-refractivity contribution is -0.115. The number of nitriles is 1. The molecule has 1 aliphatic rings. The Balaban J connectivity index is 0.00000450. The zero-order chi connectivity index (χ0) is 21.6. The van der Waals surface area contributed by atoms with Crippen molar-refractivity contribution in [3.63, 3.8) is 0 Å². The maximum absolute atomic E-state index is 12.2. The van der Waals surface area contributed by atoms with Gasteiger partial charge in [-0.25, -0.2) is 4.99 Å². The van der Waals surface area contributed by atoms with E-state index < -0.39 is 5.91 Å². The Kier molecular flexibility index (Phi) is 7.66. The summed E-state index contributed by atoms with van der Waals surface area (Å²) in [4.78, 5) is 16.0. The fourth-order valence-corrected chi connectivity index (χ4v) is 3.15. The van der Waals surface area contributed by atoms with E-state index in [1.54, 1.807) is 6.07 Å². The van der Waals surface area contributed by atoms with Crippen molar-refractivity contribution in [2.24, 2.45) is 10.9 Å². The van der Waals surface area contributed by atoms with Crippen molar-refractivity contribution in [3.05, 3.63) is 28.8 Å². The van der Waals surface area contributed by atoms with Gasteiger partial charge >= 0.3 is 0 Å². The Morgan fingerprint density at radius 2 is 1.93 bits per heavy atom. The third-order valence-electron chi connectivity index (χ3n) is 5.29. The van der Waals surface area contributed by atoms with E-state index in [-0.39, 0.29) is 31.0 Å². The van der Waals surface area contributed by atoms with E-state index in [0.29, 0.717) is 5.56 Å². The Hall–Kier alpha value is -3.01. The van der Waals surface area contributed by atoms with Crippen molar-refractivity contribution < 1.29 is 11.0 Å². The molecule has 156 valence electrons. The van der Waals surface area contributed by atoms with E-state index in [1.807, 2.05) is 33.8 Å². The molecule has 2 rings (SSSR count). The topological polar surface area (TPSA) is 122 Å². The van der Waals surface area contributed by atoms with Crippen molar-refractivity contribution in [3.8, 4) is 11.8 Å². The molecule has 0 radical (unpaired) electrons. The minimum absolute atomic E-state index is 0. The van der Waals surface area contributed by atoms with Gasteiger partial charge < -0.3 is 10.1 Å². The molecule has 7 nitrogen and oxygen atoms in total. The molecule has 29 heavy (non-hydrogen) atoms. The summed E-state index contributed by atoms with van der Waals surface area (Å²) in [5, 5.41) is 27.4. The molecule has 0 atom stereocenters. The molecule has 3 N–H and O–H groups in total. The molecule has 0 bridgehead atoms. The van der Waals surface area contributed by atoms with Gasteiger partial charge in [0.25, 0.3) is 5.91 Å². The zero-order valence-electron chi connectivity index (χ0n) is 17.5. The number of amidine groups is 1. The van der Waals surface area contributed by atoms with Crippen LogP contribution in [0.25, 0.3) is 0 Å². The predicted molar refractivity (Wildman–Crippen MR) is 116 cm³/mol. The summed E-state index contributed by atoms with van der Waals surface area (Å²) in [7, 11) is 0. The Morgan fingerprint density at radius 3 is 2.52 bits per heavy atom. The minimum atomic E-state index is -0.465. The molecule has 0 unspecified atom stereocenters. The maximum atomic E-state index is 12.2. The third kappa shape index (κ3) is 5.98. The van der Waals surface area contributed by atoms with Crippen molar-refractivity contribution >= 4 is 23.7 Å². The monoisotopic (exact) mass is 397 g/mol. The first-order valence-electron chi connectivity index (χ1n) is 9.91. The second-order valence-electron chi connectivity index (χ2n) is 7.75. The number of rotatable bonds is 6. The van der Waals surface area contributed by atoms with Gasteiger partial charge in [-0.3, -0.25) is 15.6 Å². The standard InChI is InChI=1S/C22H29N5O2.H2/c1-13(2)21(25)26-12-19(24)22(28)27-17-6-8-18(9-7-17)29-20-10-5-16(11-23)14(3)15(20)4;/h5,10,12-13,17-18,24-25H,6-9H2,1-4H3,(H,27,28);1H. The lowest BCUT2D eigenvalue weighted by Crippen LogP contribution is -2.42. The first-order valence-corrected chi connectivity index (χ1v) is 9.91. The van der Waals surface area contributed by atoms with Gasteiger partial charge in [0, 0.05) is 13.4 Å². The second kappa shape index (κ2) is 9.97. The number of ether oxygens (including phenoxy) is 1. The minimum Gasteiger partial charge on any atom is -0.490 e. The fourth-order valence-electron chi connectivity index (χ4n) is 3.15. The number of carbonyl (C=O) groups excluding carboxylic acids is 1. The molecule has 1 aliphatic carbocycles.